The highest BCUT2D eigenvalue weighted by Gasteiger charge is 2.50. The van der Waals surface area contributed by atoms with Crippen LogP contribution in [0.2, 0.25) is 0 Å². The third-order valence-corrected chi connectivity index (χ3v) is 4.13. The van der Waals surface area contributed by atoms with Gasteiger partial charge in [-0.3, -0.25) is 0 Å². The van der Waals surface area contributed by atoms with Gasteiger partial charge in [0, 0.05) is 6.08 Å². The van der Waals surface area contributed by atoms with Crippen LogP contribution in [0.4, 0.5) is 4.79 Å². The van der Waals surface area contributed by atoms with Gasteiger partial charge >= 0.3 is 0 Å². The maximum atomic E-state index is 11.7. The first-order valence-electron chi connectivity index (χ1n) is 7.74. The van der Waals surface area contributed by atoms with E-state index in [0.29, 0.717) is 13.0 Å². The molecule has 3 rings (SSSR count). The van der Waals surface area contributed by atoms with Gasteiger partial charge in [0.15, 0.2) is 0 Å². The zero-order valence-electron chi connectivity index (χ0n) is 13.0. The number of nitrogens with zero attached hydrogens (tertiary/aromatic N) is 1. The largest absolute Gasteiger partial charge is 0.496 e. The van der Waals surface area contributed by atoms with Crippen LogP contribution in [0.25, 0.3) is 0 Å². The topological polar surface area (TPSA) is 49.4 Å². The zero-order valence-corrected chi connectivity index (χ0v) is 13.0. The summed E-state index contributed by atoms with van der Waals surface area (Å²) in [4.78, 5) is 17.9. The molecule has 1 unspecified atom stereocenters. The summed E-state index contributed by atoms with van der Waals surface area (Å²) >= 11 is 0. The number of hydrogen-bond acceptors (Lipinski definition) is 3. The van der Waals surface area contributed by atoms with Crippen molar-refractivity contribution in [2.24, 2.45) is 0 Å². The number of carbonyl (C=O) groups is 1. The number of carbonyl (C=O) groups excluding carboxylic acids is 1. The molecule has 4 heteroatoms. The van der Waals surface area contributed by atoms with E-state index in [9.17, 15) is 9.90 Å². The van der Waals surface area contributed by atoms with Gasteiger partial charge < -0.3 is 9.90 Å². The summed E-state index contributed by atoms with van der Waals surface area (Å²) in [6, 6.07) is 19.3. The molecule has 2 aromatic rings. The van der Waals surface area contributed by atoms with E-state index in [0.717, 1.165) is 11.1 Å². The van der Waals surface area contributed by atoms with Crippen LogP contribution in [0, 0.1) is 0 Å². The van der Waals surface area contributed by atoms with Crippen molar-refractivity contribution in [1.82, 2.24) is 0 Å². The molecule has 0 aromatic heterocycles. The summed E-state index contributed by atoms with van der Waals surface area (Å²) in [5.41, 5.74) is 0.845. The first kappa shape index (κ1) is 15.5. The summed E-state index contributed by atoms with van der Waals surface area (Å²) in [5.74, 6) is 0. The molecule has 0 aliphatic carbocycles. The van der Waals surface area contributed by atoms with Crippen molar-refractivity contribution >= 4 is 6.09 Å². The van der Waals surface area contributed by atoms with E-state index < -0.39 is 16.3 Å². The van der Waals surface area contributed by atoms with Gasteiger partial charge in [-0.05, 0) is 17.5 Å². The Morgan fingerprint density at radius 3 is 2.00 bits per heavy atom. The van der Waals surface area contributed by atoms with Crippen molar-refractivity contribution in [2.75, 3.05) is 6.54 Å². The second kappa shape index (κ2) is 5.99. The minimum absolute atomic E-state index is 0.320. The van der Waals surface area contributed by atoms with Crippen LogP contribution < -0.4 is 5.11 Å². The first-order valence-corrected chi connectivity index (χ1v) is 7.74. The minimum Gasteiger partial charge on any atom is -0.496 e. The van der Waals surface area contributed by atoms with Crippen molar-refractivity contribution in [2.45, 2.75) is 18.9 Å². The Hall–Kier alpha value is -2.43. The molecule has 23 heavy (non-hydrogen) atoms. The summed E-state index contributed by atoms with van der Waals surface area (Å²) in [5, 5.41) is 11.7. The lowest BCUT2D eigenvalue weighted by molar-refractivity contribution is -1.02. The maximum absolute atomic E-state index is 11.7. The molecule has 0 N–H and O–H groups in total. The molecule has 0 fully saturated rings. The van der Waals surface area contributed by atoms with Gasteiger partial charge in [0.1, 0.15) is 12.7 Å². The number of quaternary nitrogens is 1. The van der Waals surface area contributed by atoms with E-state index in [-0.39, 0.29) is 0 Å². The molecule has 118 valence electrons. The van der Waals surface area contributed by atoms with Gasteiger partial charge in [0.2, 0.25) is 5.60 Å². The van der Waals surface area contributed by atoms with E-state index in [4.69, 9.17) is 4.84 Å². The minimum atomic E-state index is -1.25. The summed E-state index contributed by atoms with van der Waals surface area (Å²) in [6.45, 7) is 2.24. The molecule has 0 spiro atoms. The third kappa shape index (κ3) is 2.56. The van der Waals surface area contributed by atoms with Crippen LogP contribution in [0.15, 0.2) is 72.9 Å². The Bertz CT molecular complexity index is 672. The Balaban J connectivity index is 2.14. The summed E-state index contributed by atoms with van der Waals surface area (Å²) < 4.78 is -0.625. The highest BCUT2D eigenvalue weighted by atomic mass is 16.8. The quantitative estimate of drug-likeness (QED) is 0.816. The highest BCUT2D eigenvalue weighted by molar-refractivity contribution is 5.55. The molecule has 4 nitrogen and oxygen atoms in total. The Kier molecular flexibility index (Phi) is 4.03. The van der Waals surface area contributed by atoms with E-state index in [1.54, 1.807) is 6.20 Å². The van der Waals surface area contributed by atoms with Crippen molar-refractivity contribution in [3.63, 3.8) is 0 Å². The molecule has 1 amide bonds. The Labute approximate surface area is 135 Å². The monoisotopic (exact) mass is 309 g/mol. The van der Waals surface area contributed by atoms with E-state index >= 15 is 0 Å². The highest BCUT2D eigenvalue weighted by Crippen LogP contribution is 2.43. The molecule has 0 radical (unpaired) electrons. The predicted molar refractivity (Wildman–Crippen MR) is 84.7 cm³/mol. The number of hydroxylamine groups is 3. The van der Waals surface area contributed by atoms with Crippen LogP contribution in [0.1, 0.15) is 24.5 Å². The lowest BCUT2D eigenvalue weighted by Gasteiger charge is -2.34. The average Bonchev–Trinajstić information content (AvgIpc) is 2.99. The van der Waals surface area contributed by atoms with Gasteiger partial charge in [0.05, 0.1) is 0 Å². The lowest BCUT2D eigenvalue weighted by atomic mass is 9.86. The van der Waals surface area contributed by atoms with Gasteiger partial charge in [-0.25, -0.2) is 0 Å². The van der Waals surface area contributed by atoms with Gasteiger partial charge in [0.25, 0.3) is 6.09 Å². The van der Waals surface area contributed by atoms with Gasteiger partial charge in [-0.1, -0.05) is 67.6 Å². The van der Waals surface area contributed by atoms with Gasteiger partial charge in [-0.15, -0.1) is 4.65 Å². The van der Waals surface area contributed by atoms with Crippen LogP contribution in [-0.4, -0.2) is 17.3 Å². The van der Waals surface area contributed by atoms with Crippen LogP contribution in [-0.2, 0) is 10.4 Å². The predicted octanol–water partition coefficient (Wildman–Crippen LogP) is 2.96. The Morgan fingerprint density at radius 1 is 1.04 bits per heavy atom. The lowest BCUT2D eigenvalue weighted by Crippen LogP contribution is -2.55. The number of amides is 1. The number of rotatable bonds is 4. The molecule has 1 atom stereocenters. The van der Waals surface area contributed by atoms with Crippen molar-refractivity contribution < 1.29 is 19.4 Å². The Morgan fingerprint density at radius 2 is 1.57 bits per heavy atom. The molecule has 0 bridgehead atoms. The third-order valence-electron chi connectivity index (χ3n) is 4.13. The SMILES string of the molecule is CCC[N+]1(C(=O)[O-])C=CC(c2ccccc2)(c2ccccc2)O1. The normalized spacial score (nSPS) is 22.1. The smallest absolute Gasteiger partial charge is 0.297 e. The van der Waals surface area contributed by atoms with Crippen molar-refractivity contribution in [3.05, 3.63) is 84.1 Å². The maximum Gasteiger partial charge on any atom is 0.297 e. The zero-order chi connectivity index (χ0) is 16.3. The number of carboxylic acid groups (broad SMARTS) is 1. The summed E-state index contributed by atoms with van der Waals surface area (Å²) in [7, 11) is 0. The van der Waals surface area contributed by atoms with E-state index in [2.05, 4.69) is 0 Å². The van der Waals surface area contributed by atoms with E-state index in [1.165, 1.54) is 0 Å². The molecular weight excluding hydrogens is 290 g/mol. The average molecular weight is 309 g/mol. The van der Waals surface area contributed by atoms with Crippen molar-refractivity contribution in [1.29, 1.82) is 0 Å². The number of hydrogen-bond donors (Lipinski definition) is 0. The van der Waals surface area contributed by atoms with E-state index in [1.807, 2.05) is 73.7 Å². The molecule has 0 saturated heterocycles. The second-order valence-electron chi connectivity index (χ2n) is 5.66. The number of benzene rings is 2. The van der Waals surface area contributed by atoms with Crippen LogP contribution in [0.3, 0.4) is 0 Å². The van der Waals surface area contributed by atoms with Crippen LogP contribution >= 0.6 is 0 Å². The molecule has 1 aliphatic heterocycles. The summed E-state index contributed by atoms with van der Waals surface area (Å²) in [6.07, 6.45) is 2.82. The molecule has 1 aliphatic rings. The fraction of sp³-hybridized carbons (Fsp3) is 0.211. The first-order chi connectivity index (χ1) is 11.1. The fourth-order valence-electron chi connectivity index (χ4n) is 3.02. The van der Waals surface area contributed by atoms with Gasteiger partial charge in [-0.2, -0.15) is 4.84 Å². The van der Waals surface area contributed by atoms with Crippen molar-refractivity contribution in [3.8, 4) is 0 Å². The molecular formula is C19H19NO3. The standard InChI is InChI=1S/C19H19NO3/c1-2-14-20(18(21)22)15-13-19(23-20,16-9-5-3-6-10-16)17-11-7-4-8-12-17/h3-13,15H,2,14H2,1H3. The fourth-order valence-corrected chi connectivity index (χ4v) is 3.02. The van der Waals surface area contributed by atoms with Crippen LogP contribution in [0.5, 0.6) is 0 Å². The molecule has 0 saturated carbocycles. The second-order valence-corrected chi connectivity index (χ2v) is 5.66. The molecule has 1 heterocycles. The molecule has 2 aromatic carbocycles.